The van der Waals surface area contributed by atoms with E-state index in [1.54, 1.807) is 6.20 Å². The van der Waals surface area contributed by atoms with Crippen LogP contribution in [0.5, 0.6) is 0 Å². The number of ether oxygens (including phenoxy) is 1. The number of hydrogen-bond acceptors (Lipinski definition) is 3. The largest absolute Gasteiger partial charge is 0.370 e. The van der Waals surface area contributed by atoms with Gasteiger partial charge in [-0.2, -0.15) is 0 Å². The first-order valence-corrected chi connectivity index (χ1v) is 9.92. The average molecular weight is 368 g/mol. The van der Waals surface area contributed by atoms with Crippen LogP contribution < -0.4 is 5.32 Å². The smallest absolute Gasteiger partial charge is 0.317 e. The maximum atomic E-state index is 12.9. The highest BCUT2D eigenvalue weighted by atomic mass is 16.5. The molecule has 1 fully saturated rings. The molecule has 2 unspecified atom stereocenters. The summed E-state index contributed by atoms with van der Waals surface area (Å²) in [5, 5.41) is 3.24. The van der Waals surface area contributed by atoms with Crippen LogP contribution in [0.15, 0.2) is 36.7 Å². The van der Waals surface area contributed by atoms with Crippen molar-refractivity contribution in [3.05, 3.63) is 53.6 Å². The minimum absolute atomic E-state index is 0.0525. The molecule has 6 nitrogen and oxygen atoms in total. The van der Waals surface area contributed by atoms with Gasteiger partial charge in [0.05, 0.1) is 0 Å². The van der Waals surface area contributed by atoms with E-state index in [9.17, 15) is 4.79 Å². The first-order chi connectivity index (χ1) is 13.2. The molecule has 1 aromatic heterocycles. The van der Waals surface area contributed by atoms with Gasteiger partial charge in [0.25, 0.3) is 0 Å². The summed E-state index contributed by atoms with van der Waals surface area (Å²) in [5.74, 6) is 0.928. The predicted octanol–water partition coefficient (Wildman–Crippen LogP) is 2.84. The van der Waals surface area contributed by atoms with Crippen LogP contribution >= 0.6 is 0 Å². The van der Waals surface area contributed by atoms with Crippen molar-refractivity contribution in [2.75, 3.05) is 19.7 Å². The Morgan fingerprint density at radius 2 is 2.04 bits per heavy atom. The molecule has 0 aliphatic carbocycles. The third-order valence-electron chi connectivity index (χ3n) is 5.69. The van der Waals surface area contributed by atoms with Crippen LogP contribution in [-0.4, -0.2) is 46.2 Å². The molecule has 0 saturated carbocycles. The van der Waals surface area contributed by atoms with Gasteiger partial charge < -0.3 is 19.5 Å². The maximum absolute atomic E-state index is 12.9. The van der Waals surface area contributed by atoms with Crippen LogP contribution in [0.1, 0.15) is 42.3 Å². The number of imidazole rings is 1. The number of amides is 2. The van der Waals surface area contributed by atoms with Gasteiger partial charge in [0.2, 0.25) is 0 Å². The first kappa shape index (κ1) is 18.0. The summed E-state index contributed by atoms with van der Waals surface area (Å²) in [5.41, 5.74) is 2.80. The summed E-state index contributed by atoms with van der Waals surface area (Å²) >= 11 is 0. The molecule has 1 aromatic carbocycles. The van der Waals surface area contributed by atoms with Crippen LogP contribution in [0, 0.1) is 0 Å². The Hall–Kier alpha value is -2.34. The summed E-state index contributed by atoms with van der Waals surface area (Å²) in [4.78, 5) is 19.2. The van der Waals surface area contributed by atoms with Gasteiger partial charge >= 0.3 is 6.03 Å². The zero-order valence-electron chi connectivity index (χ0n) is 15.9. The lowest BCUT2D eigenvalue weighted by atomic mass is 9.98. The van der Waals surface area contributed by atoms with E-state index in [1.165, 1.54) is 11.1 Å². The molecule has 0 spiro atoms. The van der Waals surface area contributed by atoms with E-state index in [0.717, 1.165) is 51.0 Å². The number of fused-ring (bicyclic) bond motifs is 1. The second-order valence-corrected chi connectivity index (χ2v) is 7.54. The van der Waals surface area contributed by atoms with Crippen molar-refractivity contribution in [1.82, 2.24) is 19.8 Å². The van der Waals surface area contributed by atoms with Crippen molar-refractivity contribution in [1.29, 1.82) is 0 Å². The van der Waals surface area contributed by atoms with Crippen molar-refractivity contribution in [2.45, 2.75) is 44.2 Å². The quantitative estimate of drug-likeness (QED) is 0.887. The molecule has 4 rings (SSSR count). The van der Waals surface area contributed by atoms with Crippen molar-refractivity contribution >= 4 is 6.03 Å². The Balaban J connectivity index is 1.35. The van der Waals surface area contributed by atoms with Gasteiger partial charge in [-0.15, -0.1) is 0 Å². The molecule has 1 saturated heterocycles. The molecular weight excluding hydrogens is 340 g/mol. The minimum Gasteiger partial charge on any atom is -0.370 e. The molecule has 144 valence electrons. The summed E-state index contributed by atoms with van der Waals surface area (Å²) in [6.45, 7) is 2.23. The number of carbonyl (C=O) groups excluding carboxylic acids is 1. The van der Waals surface area contributed by atoms with Gasteiger partial charge in [-0.1, -0.05) is 24.3 Å². The number of aryl methyl sites for hydroxylation is 2. The number of urea groups is 1. The van der Waals surface area contributed by atoms with Gasteiger partial charge in [-0.3, -0.25) is 0 Å². The number of hydrogen-bond donors (Lipinski definition) is 1. The molecule has 27 heavy (non-hydrogen) atoms. The summed E-state index contributed by atoms with van der Waals surface area (Å²) in [6.07, 6.45) is 8.26. The fraction of sp³-hybridized carbons (Fsp3) is 0.524. The molecule has 2 aliphatic rings. The van der Waals surface area contributed by atoms with E-state index >= 15 is 0 Å². The Morgan fingerprint density at radius 3 is 2.81 bits per heavy atom. The second kappa shape index (κ2) is 8.13. The Kier molecular flexibility index (Phi) is 5.43. The lowest BCUT2D eigenvalue weighted by molar-refractivity contribution is -0.00509. The molecule has 0 bridgehead atoms. The van der Waals surface area contributed by atoms with Crippen molar-refractivity contribution in [2.24, 2.45) is 7.05 Å². The van der Waals surface area contributed by atoms with Gasteiger partial charge in [0.1, 0.15) is 11.9 Å². The summed E-state index contributed by atoms with van der Waals surface area (Å²) < 4.78 is 7.88. The molecule has 3 heterocycles. The van der Waals surface area contributed by atoms with E-state index in [0.29, 0.717) is 6.61 Å². The van der Waals surface area contributed by atoms with Gasteiger partial charge in [-0.05, 0) is 36.8 Å². The molecule has 2 aliphatic heterocycles. The fourth-order valence-electron chi connectivity index (χ4n) is 4.14. The monoisotopic (exact) mass is 368 g/mol. The summed E-state index contributed by atoms with van der Waals surface area (Å²) in [7, 11) is 1.98. The van der Waals surface area contributed by atoms with Crippen LogP contribution in [-0.2, 0) is 24.6 Å². The van der Waals surface area contributed by atoms with Crippen LogP contribution in [0.2, 0.25) is 0 Å². The van der Waals surface area contributed by atoms with E-state index < -0.39 is 0 Å². The van der Waals surface area contributed by atoms with Crippen LogP contribution in [0.3, 0.4) is 0 Å². The predicted molar refractivity (Wildman–Crippen MR) is 103 cm³/mol. The molecule has 2 aromatic rings. The Morgan fingerprint density at radius 1 is 1.22 bits per heavy atom. The molecule has 6 heteroatoms. The first-order valence-electron chi connectivity index (χ1n) is 9.92. The highest BCUT2D eigenvalue weighted by Gasteiger charge is 2.28. The van der Waals surface area contributed by atoms with Gasteiger partial charge in [-0.25, -0.2) is 9.78 Å². The number of benzene rings is 1. The number of nitrogens with one attached hydrogen (secondary N) is 1. The highest BCUT2D eigenvalue weighted by Crippen LogP contribution is 2.27. The van der Waals surface area contributed by atoms with Crippen molar-refractivity contribution in [3.8, 4) is 0 Å². The van der Waals surface area contributed by atoms with E-state index in [2.05, 4.69) is 34.6 Å². The van der Waals surface area contributed by atoms with Crippen LogP contribution in [0.4, 0.5) is 4.79 Å². The van der Waals surface area contributed by atoms with E-state index in [4.69, 9.17) is 4.74 Å². The normalized spacial score (nSPS) is 23.2. The zero-order chi connectivity index (χ0) is 18.6. The highest BCUT2D eigenvalue weighted by molar-refractivity contribution is 5.74. The Labute approximate surface area is 160 Å². The lowest BCUT2D eigenvalue weighted by Gasteiger charge is -2.32. The number of carbonyl (C=O) groups is 1. The lowest BCUT2D eigenvalue weighted by Crippen LogP contribution is -2.48. The van der Waals surface area contributed by atoms with Gasteiger partial charge in [0, 0.05) is 51.6 Å². The fourth-order valence-corrected chi connectivity index (χ4v) is 4.14. The number of aromatic nitrogens is 2. The molecule has 1 N–H and O–H groups in total. The van der Waals surface area contributed by atoms with Crippen molar-refractivity contribution in [3.63, 3.8) is 0 Å². The minimum atomic E-state index is -0.0525. The van der Waals surface area contributed by atoms with Crippen LogP contribution in [0.25, 0.3) is 0 Å². The number of rotatable bonds is 2. The van der Waals surface area contributed by atoms with E-state index in [1.807, 2.05) is 22.7 Å². The molecule has 0 radical (unpaired) electrons. The average Bonchev–Trinajstić information content (AvgIpc) is 3.08. The maximum Gasteiger partial charge on any atom is 0.317 e. The topological polar surface area (TPSA) is 59.4 Å². The molecule has 2 atom stereocenters. The SMILES string of the molecule is Cn1ccnc1C1CC(NC(=O)N2CCCc3ccccc3CC2)CCO1. The third-order valence-corrected chi connectivity index (χ3v) is 5.69. The van der Waals surface area contributed by atoms with Gasteiger partial charge in [0.15, 0.2) is 0 Å². The summed E-state index contributed by atoms with van der Waals surface area (Å²) in [6, 6.07) is 8.78. The molecule has 2 amide bonds. The Bertz CT molecular complexity index is 788. The second-order valence-electron chi connectivity index (χ2n) is 7.54. The van der Waals surface area contributed by atoms with E-state index in [-0.39, 0.29) is 18.2 Å². The third kappa shape index (κ3) is 4.16. The van der Waals surface area contributed by atoms with Crippen molar-refractivity contribution < 1.29 is 9.53 Å². The molecular formula is C21H28N4O2. The zero-order valence-corrected chi connectivity index (χ0v) is 15.9. The standard InChI is InChI=1S/C21H28N4O2/c1-24-13-10-22-20(24)19-15-18(9-14-27-19)23-21(26)25-11-4-7-16-5-2-3-6-17(16)8-12-25/h2-3,5-6,10,13,18-19H,4,7-9,11-12,14-15H2,1H3,(H,23,26). The number of nitrogens with zero attached hydrogens (tertiary/aromatic N) is 3.